The van der Waals surface area contributed by atoms with Crippen LogP contribution in [0.15, 0.2) is 18.2 Å². The normalized spacial score (nSPS) is 12.0. The van der Waals surface area contributed by atoms with E-state index in [1.807, 2.05) is 32.9 Å². The van der Waals surface area contributed by atoms with Crippen molar-refractivity contribution < 1.29 is 4.79 Å². The van der Waals surface area contributed by atoms with E-state index in [1.54, 1.807) is 0 Å². The summed E-state index contributed by atoms with van der Waals surface area (Å²) in [5, 5.41) is 5.79. The Morgan fingerprint density at radius 2 is 2.06 bits per heavy atom. The highest BCUT2D eigenvalue weighted by Crippen LogP contribution is 2.17. The van der Waals surface area contributed by atoms with Crippen molar-refractivity contribution in [1.82, 2.24) is 5.32 Å². The maximum absolute atomic E-state index is 11.7. The molecule has 0 saturated heterocycles. The summed E-state index contributed by atoms with van der Waals surface area (Å²) in [6.45, 7) is 8.15. The first-order valence-corrected chi connectivity index (χ1v) is 6.23. The Morgan fingerprint density at radius 3 is 2.65 bits per heavy atom. The first-order chi connectivity index (χ1) is 8.06. The van der Waals surface area contributed by atoms with Gasteiger partial charge < -0.3 is 10.6 Å². The summed E-state index contributed by atoms with van der Waals surface area (Å²) in [4.78, 5) is 11.7. The molecule has 1 rings (SSSR count). The SMILES string of the molecule is CCc1ccc(C)c(NC(=O)NC(C)CC)c1. The molecule has 1 aromatic rings. The van der Waals surface area contributed by atoms with E-state index in [-0.39, 0.29) is 12.1 Å². The predicted octanol–water partition coefficient (Wildman–Crippen LogP) is 3.48. The van der Waals surface area contributed by atoms with Gasteiger partial charge in [0.2, 0.25) is 0 Å². The van der Waals surface area contributed by atoms with Gasteiger partial charge in [0.05, 0.1) is 0 Å². The van der Waals surface area contributed by atoms with Crippen LogP contribution < -0.4 is 10.6 Å². The molecule has 3 heteroatoms. The van der Waals surface area contributed by atoms with Crippen molar-refractivity contribution in [2.45, 2.75) is 46.6 Å². The summed E-state index contributed by atoms with van der Waals surface area (Å²) in [7, 11) is 0. The topological polar surface area (TPSA) is 41.1 Å². The van der Waals surface area contributed by atoms with E-state index in [0.29, 0.717) is 0 Å². The Balaban J connectivity index is 2.70. The number of amides is 2. The summed E-state index contributed by atoms with van der Waals surface area (Å²) in [5.41, 5.74) is 3.21. The minimum atomic E-state index is -0.129. The maximum atomic E-state index is 11.7. The van der Waals surface area contributed by atoms with Crippen molar-refractivity contribution in [3.8, 4) is 0 Å². The second-order valence-corrected chi connectivity index (χ2v) is 4.41. The number of rotatable bonds is 4. The number of hydrogen-bond acceptors (Lipinski definition) is 1. The smallest absolute Gasteiger partial charge is 0.319 e. The van der Waals surface area contributed by atoms with Crippen LogP contribution in [0.5, 0.6) is 0 Å². The van der Waals surface area contributed by atoms with E-state index in [4.69, 9.17) is 0 Å². The largest absolute Gasteiger partial charge is 0.335 e. The predicted molar refractivity (Wildman–Crippen MR) is 72.5 cm³/mol. The minimum Gasteiger partial charge on any atom is -0.335 e. The molecule has 0 aliphatic rings. The minimum absolute atomic E-state index is 0.129. The Morgan fingerprint density at radius 1 is 1.35 bits per heavy atom. The van der Waals surface area contributed by atoms with Crippen molar-refractivity contribution in [1.29, 1.82) is 0 Å². The van der Waals surface area contributed by atoms with Gasteiger partial charge in [0.15, 0.2) is 0 Å². The molecule has 1 aromatic carbocycles. The molecule has 0 heterocycles. The third-order valence-corrected chi connectivity index (χ3v) is 2.95. The van der Waals surface area contributed by atoms with Crippen molar-refractivity contribution in [2.24, 2.45) is 0 Å². The molecule has 0 aliphatic carbocycles. The van der Waals surface area contributed by atoms with Gasteiger partial charge >= 0.3 is 6.03 Å². The molecule has 3 nitrogen and oxygen atoms in total. The molecule has 0 spiro atoms. The van der Waals surface area contributed by atoms with Crippen molar-refractivity contribution in [3.05, 3.63) is 29.3 Å². The average molecular weight is 234 g/mol. The molecule has 0 bridgehead atoms. The van der Waals surface area contributed by atoms with Crippen LogP contribution in [-0.4, -0.2) is 12.1 Å². The highest BCUT2D eigenvalue weighted by atomic mass is 16.2. The van der Waals surface area contributed by atoms with Gasteiger partial charge in [0.1, 0.15) is 0 Å². The number of aryl methyl sites for hydroxylation is 2. The number of nitrogens with one attached hydrogen (secondary N) is 2. The lowest BCUT2D eigenvalue weighted by atomic mass is 10.1. The zero-order valence-electron chi connectivity index (χ0n) is 11.1. The zero-order chi connectivity index (χ0) is 12.8. The Labute approximate surface area is 104 Å². The lowest BCUT2D eigenvalue weighted by Gasteiger charge is -2.14. The quantitative estimate of drug-likeness (QED) is 0.822. The second-order valence-electron chi connectivity index (χ2n) is 4.41. The third kappa shape index (κ3) is 4.10. The molecular weight excluding hydrogens is 212 g/mol. The summed E-state index contributed by atoms with van der Waals surface area (Å²) >= 11 is 0. The lowest BCUT2D eigenvalue weighted by Crippen LogP contribution is -2.35. The van der Waals surface area contributed by atoms with Crippen LogP contribution in [0, 0.1) is 6.92 Å². The maximum Gasteiger partial charge on any atom is 0.319 e. The molecule has 0 saturated carbocycles. The van der Waals surface area contributed by atoms with Crippen LogP contribution in [0.25, 0.3) is 0 Å². The van der Waals surface area contributed by atoms with Gasteiger partial charge in [0, 0.05) is 11.7 Å². The lowest BCUT2D eigenvalue weighted by molar-refractivity contribution is 0.249. The van der Waals surface area contributed by atoms with Gasteiger partial charge in [-0.15, -0.1) is 0 Å². The van der Waals surface area contributed by atoms with Gasteiger partial charge in [-0.1, -0.05) is 26.0 Å². The third-order valence-electron chi connectivity index (χ3n) is 2.95. The van der Waals surface area contributed by atoms with Crippen LogP contribution in [0.2, 0.25) is 0 Å². The van der Waals surface area contributed by atoms with Crippen LogP contribution in [-0.2, 0) is 6.42 Å². The van der Waals surface area contributed by atoms with E-state index >= 15 is 0 Å². The molecule has 0 aliphatic heterocycles. The fraction of sp³-hybridized carbons (Fsp3) is 0.500. The van der Waals surface area contributed by atoms with E-state index in [9.17, 15) is 4.79 Å². The molecule has 1 unspecified atom stereocenters. The fourth-order valence-corrected chi connectivity index (χ4v) is 1.51. The number of carbonyl (C=O) groups is 1. The number of hydrogen-bond donors (Lipinski definition) is 2. The summed E-state index contributed by atoms with van der Waals surface area (Å²) in [6, 6.07) is 6.23. The van der Waals surface area contributed by atoms with Gasteiger partial charge in [-0.25, -0.2) is 4.79 Å². The van der Waals surface area contributed by atoms with Gasteiger partial charge in [0.25, 0.3) is 0 Å². The van der Waals surface area contributed by atoms with E-state index in [0.717, 1.165) is 24.1 Å². The first kappa shape index (κ1) is 13.6. The molecule has 94 valence electrons. The van der Waals surface area contributed by atoms with Gasteiger partial charge in [-0.3, -0.25) is 0 Å². The standard InChI is InChI=1S/C14H22N2O/c1-5-11(4)15-14(17)16-13-9-12(6-2)8-7-10(13)3/h7-9,11H,5-6H2,1-4H3,(H2,15,16,17). The highest BCUT2D eigenvalue weighted by molar-refractivity contribution is 5.90. The Bertz CT molecular complexity index is 388. The number of benzene rings is 1. The monoisotopic (exact) mass is 234 g/mol. The number of carbonyl (C=O) groups excluding carboxylic acids is 1. The van der Waals surface area contributed by atoms with Crippen LogP contribution in [0.3, 0.4) is 0 Å². The summed E-state index contributed by atoms with van der Waals surface area (Å²) in [6.07, 6.45) is 1.91. The molecule has 2 N–H and O–H groups in total. The summed E-state index contributed by atoms with van der Waals surface area (Å²) in [5.74, 6) is 0. The molecular formula is C14H22N2O. The van der Waals surface area contributed by atoms with Crippen molar-refractivity contribution >= 4 is 11.7 Å². The van der Waals surface area contributed by atoms with Crippen LogP contribution in [0.1, 0.15) is 38.3 Å². The molecule has 2 amide bonds. The van der Waals surface area contributed by atoms with E-state index in [1.165, 1.54) is 5.56 Å². The zero-order valence-corrected chi connectivity index (χ0v) is 11.1. The Hall–Kier alpha value is -1.51. The molecule has 0 fully saturated rings. The summed E-state index contributed by atoms with van der Waals surface area (Å²) < 4.78 is 0. The van der Waals surface area contributed by atoms with E-state index < -0.39 is 0 Å². The first-order valence-electron chi connectivity index (χ1n) is 6.23. The van der Waals surface area contributed by atoms with Crippen molar-refractivity contribution in [2.75, 3.05) is 5.32 Å². The molecule has 17 heavy (non-hydrogen) atoms. The number of anilines is 1. The van der Waals surface area contributed by atoms with Gasteiger partial charge in [-0.2, -0.15) is 0 Å². The van der Waals surface area contributed by atoms with Gasteiger partial charge in [-0.05, 0) is 43.9 Å². The van der Waals surface area contributed by atoms with Crippen molar-refractivity contribution in [3.63, 3.8) is 0 Å². The van der Waals surface area contributed by atoms with Crippen LogP contribution >= 0.6 is 0 Å². The molecule has 1 atom stereocenters. The van der Waals surface area contributed by atoms with Crippen LogP contribution in [0.4, 0.5) is 10.5 Å². The number of urea groups is 1. The Kier molecular flexibility index (Phi) is 5.01. The van der Waals surface area contributed by atoms with E-state index in [2.05, 4.69) is 23.6 Å². The molecule has 0 aromatic heterocycles. The highest BCUT2D eigenvalue weighted by Gasteiger charge is 2.07. The second kappa shape index (κ2) is 6.28. The average Bonchev–Trinajstić information content (AvgIpc) is 2.31. The molecule has 0 radical (unpaired) electrons. The fourth-order valence-electron chi connectivity index (χ4n) is 1.51.